The first-order valence-electron chi connectivity index (χ1n) is 11.0. The summed E-state index contributed by atoms with van der Waals surface area (Å²) in [5.41, 5.74) is 4.20. The van der Waals surface area contributed by atoms with Crippen LogP contribution >= 0.6 is 0 Å². The van der Waals surface area contributed by atoms with Crippen LogP contribution in [-0.2, 0) is 29.0 Å². The molecule has 0 aliphatic carbocycles. The summed E-state index contributed by atoms with van der Waals surface area (Å²) in [7, 11) is 1.34. The molecule has 0 spiro atoms. The van der Waals surface area contributed by atoms with Crippen molar-refractivity contribution >= 4 is 11.9 Å². The predicted molar refractivity (Wildman–Crippen MR) is 124 cm³/mol. The zero-order valence-electron chi connectivity index (χ0n) is 18.8. The molecule has 1 heterocycles. The first-order valence-corrected chi connectivity index (χ1v) is 11.0. The monoisotopic (exact) mass is 446 g/mol. The van der Waals surface area contributed by atoms with E-state index in [0.717, 1.165) is 16.7 Å². The summed E-state index contributed by atoms with van der Waals surface area (Å²) in [5.74, 6) is -0.775. The standard InChI is InChI=1S/C27H27FN2O3/c1-18(23-9-5-6-10-24(23)28)30-17-22-8-4-3-7-21(22)15-25(30)26(31)29-16-19-11-13-20(14-12-19)27(32)33-2/h3-14,18,25H,15-17H2,1-2H3,(H,29,31)/t18-,25+/m1/s1. The summed E-state index contributed by atoms with van der Waals surface area (Å²) >= 11 is 0. The van der Waals surface area contributed by atoms with Gasteiger partial charge >= 0.3 is 5.97 Å². The third kappa shape index (κ3) is 4.96. The average molecular weight is 447 g/mol. The van der Waals surface area contributed by atoms with E-state index in [2.05, 4.69) is 16.3 Å². The summed E-state index contributed by atoms with van der Waals surface area (Å²) in [6.07, 6.45) is 0.558. The molecule has 1 N–H and O–H groups in total. The number of benzene rings is 3. The summed E-state index contributed by atoms with van der Waals surface area (Å²) in [5, 5.41) is 3.02. The molecule has 0 unspecified atom stereocenters. The summed E-state index contributed by atoms with van der Waals surface area (Å²) in [6, 6.07) is 21.0. The molecule has 6 heteroatoms. The highest BCUT2D eigenvalue weighted by Crippen LogP contribution is 2.32. The molecule has 170 valence electrons. The van der Waals surface area contributed by atoms with Crippen LogP contribution in [0.1, 0.15) is 45.6 Å². The number of ether oxygens (including phenoxy) is 1. The van der Waals surface area contributed by atoms with Crippen molar-refractivity contribution in [2.45, 2.75) is 38.5 Å². The molecule has 0 saturated carbocycles. The van der Waals surface area contributed by atoms with Crippen LogP contribution in [0.3, 0.4) is 0 Å². The van der Waals surface area contributed by atoms with Gasteiger partial charge in [0.1, 0.15) is 5.82 Å². The van der Waals surface area contributed by atoms with E-state index in [-0.39, 0.29) is 17.8 Å². The van der Waals surface area contributed by atoms with E-state index in [1.54, 1.807) is 36.4 Å². The lowest BCUT2D eigenvalue weighted by Crippen LogP contribution is -2.51. The fraction of sp³-hybridized carbons (Fsp3) is 0.259. The van der Waals surface area contributed by atoms with Crippen LogP contribution in [-0.4, -0.2) is 29.9 Å². The van der Waals surface area contributed by atoms with Gasteiger partial charge in [-0.3, -0.25) is 9.69 Å². The third-order valence-corrected chi connectivity index (χ3v) is 6.28. The summed E-state index contributed by atoms with van der Waals surface area (Å²) in [4.78, 5) is 27.0. The van der Waals surface area contributed by atoms with Gasteiger partial charge in [0.15, 0.2) is 0 Å². The Balaban J connectivity index is 1.53. The van der Waals surface area contributed by atoms with Crippen LogP contribution < -0.4 is 5.32 Å². The molecular weight excluding hydrogens is 419 g/mol. The molecule has 1 amide bonds. The number of esters is 1. The minimum absolute atomic E-state index is 0.107. The van der Waals surface area contributed by atoms with Gasteiger partial charge in [-0.15, -0.1) is 0 Å². The Bertz CT molecular complexity index is 1150. The lowest BCUT2D eigenvalue weighted by molar-refractivity contribution is -0.128. The molecule has 1 aliphatic rings. The highest BCUT2D eigenvalue weighted by atomic mass is 19.1. The molecule has 0 fully saturated rings. The molecule has 0 bridgehead atoms. The highest BCUT2D eigenvalue weighted by Gasteiger charge is 2.35. The maximum atomic E-state index is 14.5. The van der Waals surface area contributed by atoms with E-state index in [4.69, 9.17) is 4.74 Å². The smallest absolute Gasteiger partial charge is 0.337 e. The molecule has 1 aliphatic heterocycles. The van der Waals surface area contributed by atoms with E-state index in [9.17, 15) is 14.0 Å². The number of methoxy groups -OCH3 is 1. The molecule has 0 aromatic heterocycles. The van der Waals surface area contributed by atoms with E-state index in [0.29, 0.717) is 30.6 Å². The minimum Gasteiger partial charge on any atom is -0.465 e. The number of carbonyl (C=O) groups excluding carboxylic acids is 2. The summed E-state index contributed by atoms with van der Waals surface area (Å²) in [6.45, 7) is 2.84. The maximum absolute atomic E-state index is 14.5. The number of fused-ring (bicyclic) bond motifs is 1. The van der Waals surface area contributed by atoms with Gasteiger partial charge in [-0.25, -0.2) is 9.18 Å². The Morgan fingerprint density at radius 2 is 1.70 bits per heavy atom. The number of nitrogens with one attached hydrogen (secondary N) is 1. The largest absolute Gasteiger partial charge is 0.465 e. The van der Waals surface area contributed by atoms with Crippen molar-refractivity contribution in [3.8, 4) is 0 Å². The Morgan fingerprint density at radius 3 is 2.39 bits per heavy atom. The Morgan fingerprint density at radius 1 is 1.03 bits per heavy atom. The predicted octanol–water partition coefficient (Wildman–Crippen LogP) is 4.42. The number of nitrogens with zero attached hydrogens (tertiary/aromatic N) is 1. The van der Waals surface area contributed by atoms with Gasteiger partial charge in [0.05, 0.1) is 18.7 Å². The second-order valence-corrected chi connectivity index (χ2v) is 8.26. The van der Waals surface area contributed by atoms with Crippen LogP contribution in [0.4, 0.5) is 4.39 Å². The van der Waals surface area contributed by atoms with Crippen molar-refractivity contribution in [1.29, 1.82) is 0 Å². The first kappa shape index (κ1) is 22.7. The van der Waals surface area contributed by atoms with Crippen molar-refractivity contribution in [1.82, 2.24) is 10.2 Å². The van der Waals surface area contributed by atoms with Gasteiger partial charge in [0.2, 0.25) is 5.91 Å². The highest BCUT2D eigenvalue weighted by molar-refractivity contribution is 5.89. The molecular formula is C27H27FN2O3. The quantitative estimate of drug-likeness (QED) is 0.570. The van der Waals surface area contributed by atoms with E-state index < -0.39 is 12.0 Å². The van der Waals surface area contributed by atoms with Gasteiger partial charge in [-0.05, 0) is 48.2 Å². The topological polar surface area (TPSA) is 58.6 Å². The fourth-order valence-electron chi connectivity index (χ4n) is 4.37. The van der Waals surface area contributed by atoms with E-state index in [1.807, 2.05) is 31.2 Å². The van der Waals surface area contributed by atoms with Gasteiger partial charge < -0.3 is 10.1 Å². The van der Waals surface area contributed by atoms with Crippen LogP contribution in [0, 0.1) is 5.82 Å². The number of hydrogen-bond acceptors (Lipinski definition) is 4. The Labute approximate surface area is 193 Å². The molecule has 0 saturated heterocycles. The normalized spacial score (nSPS) is 16.5. The molecule has 33 heavy (non-hydrogen) atoms. The van der Waals surface area contributed by atoms with Crippen molar-refractivity contribution in [3.63, 3.8) is 0 Å². The molecule has 5 nitrogen and oxygen atoms in total. The molecule has 2 atom stereocenters. The van der Waals surface area contributed by atoms with Crippen LogP contribution in [0.2, 0.25) is 0 Å². The summed E-state index contributed by atoms with van der Waals surface area (Å²) < 4.78 is 19.3. The maximum Gasteiger partial charge on any atom is 0.337 e. The number of carbonyl (C=O) groups is 2. The number of rotatable bonds is 6. The minimum atomic E-state index is -0.427. The van der Waals surface area contributed by atoms with Gasteiger partial charge in [0, 0.05) is 24.7 Å². The Hall–Kier alpha value is -3.51. The van der Waals surface area contributed by atoms with Crippen LogP contribution in [0.15, 0.2) is 72.8 Å². The van der Waals surface area contributed by atoms with Crippen molar-refractivity contribution < 1.29 is 18.7 Å². The molecule has 0 radical (unpaired) electrons. The van der Waals surface area contributed by atoms with Gasteiger partial charge in [0.25, 0.3) is 0 Å². The van der Waals surface area contributed by atoms with Crippen LogP contribution in [0.25, 0.3) is 0 Å². The molecule has 3 aromatic carbocycles. The Kier molecular flexibility index (Phi) is 6.84. The van der Waals surface area contributed by atoms with E-state index in [1.165, 1.54) is 13.2 Å². The van der Waals surface area contributed by atoms with Crippen molar-refractivity contribution in [2.24, 2.45) is 0 Å². The van der Waals surface area contributed by atoms with Crippen LogP contribution in [0.5, 0.6) is 0 Å². The molecule has 3 aromatic rings. The number of amides is 1. The average Bonchev–Trinajstić information content (AvgIpc) is 2.86. The fourth-order valence-corrected chi connectivity index (χ4v) is 4.37. The van der Waals surface area contributed by atoms with Gasteiger partial charge in [-0.2, -0.15) is 0 Å². The van der Waals surface area contributed by atoms with Crippen molar-refractivity contribution in [2.75, 3.05) is 7.11 Å². The lowest BCUT2D eigenvalue weighted by Gasteiger charge is -2.40. The zero-order valence-corrected chi connectivity index (χ0v) is 18.8. The van der Waals surface area contributed by atoms with Crippen molar-refractivity contribution in [3.05, 3.63) is 106 Å². The second-order valence-electron chi connectivity index (χ2n) is 8.26. The third-order valence-electron chi connectivity index (χ3n) is 6.28. The van der Waals surface area contributed by atoms with E-state index >= 15 is 0 Å². The second kappa shape index (κ2) is 9.96. The molecule has 4 rings (SSSR count). The SMILES string of the molecule is COC(=O)c1ccc(CNC(=O)[C@@H]2Cc3ccccc3CN2[C@H](C)c2ccccc2F)cc1. The number of hydrogen-bond donors (Lipinski definition) is 1. The van der Waals surface area contributed by atoms with Gasteiger partial charge in [-0.1, -0.05) is 54.6 Å². The zero-order chi connectivity index (χ0) is 23.4. The first-order chi connectivity index (χ1) is 16.0. The number of halogens is 1. The lowest BCUT2D eigenvalue weighted by atomic mass is 9.91.